The third kappa shape index (κ3) is 6.48. The molecule has 0 aliphatic heterocycles. The van der Waals surface area contributed by atoms with Crippen molar-refractivity contribution >= 4 is 15.9 Å². The number of halogens is 1. The Labute approximate surface area is 60.8 Å². The van der Waals surface area contributed by atoms with Crippen LogP contribution in [0.5, 0.6) is 0 Å². The van der Waals surface area contributed by atoms with Gasteiger partial charge >= 0.3 is 0 Å². The molecule has 0 aromatic heterocycles. The van der Waals surface area contributed by atoms with E-state index in [9.17, 15) is 0 Å². The van der Waals surface area contributed by atoms with E-state index in [-0.39, 0.29) is 0 Å². The Balaban J connectivity index is 3.11. The van der Waals surface area contributed by atoms with Gasteiger partial charge in [-0.25, -0.2) is 0 Å². The fraction of sp³-hybridized carbons (Fsp3) is 1.00. The number of hydrogen-bond acceptors (Lipinski definition) is 0. The van der Waals surface area contributed by atoms with Crippen molar-refractivity contribution in [2.24, 2.45) is 0 Å². The Morgan fingerprint density at radius 2 is 1.88 bits per heavy atom. The summed E-state index contributed by atoms with van der Waals surface area (Å²) in [5.41, 5.74) is 0. The van der Waals surface area contributed by atoms with Gasteiger partial charge in [0.15, 0.2) is 0 Å². The topological polar surface area (TPSA) is 0 Å². The summed E-state index contributed by atoms with van der Waals surface area (Å²) in [5.74, 6) is 0. The van der Waals surface area contributed by atoms with Gasteiger partial charge in [0.2, 0.25) is 0 Å². The standard InChI is InChI=1S/C7H15Br/c1-4-5-6-7(2,3)8/h4-6H2,1-3H3. The van der Waals surface area contributed by atoms with Gasteiger partial charge in [-0.2, -0.15) is 0 Å². The fourth-order valence-electron chi connectivity index (χ4n) is 0.597. The molecule has 0 aromatic rings. The molecule has 0 rings (SSSR count). The molecule has 0 N–H and O–H groups in total. The molecule has 0 saturated heterocycles. The molecule has 0 amide bonds. The molecular weight excluding hydrogens is 164 g/mol. The summed E-state index contributed by atoms with van der Waals surface area (Å²) in [4.78, 5) is 0. The largest absolute Gasteiger partial charge is 0.0859 e. The minimum absolute atomic E-state index is 0.364. The molecular formula is C7H15Br. The molecule has 50 valence electrons. The van der Waals surface area contributed by atoms with Crippen LogP contribution in [0.3, 0.4) is 0 Å². The molecule has 1 heteroatoms. The Morgan fingerprint density at radius 1 is 1.38 bits per heavy atom. The summed E-state index contributed by atoms with van der Waals surface area (Å²) in [5, 5.41) is 0. The molecule has 0 fully saturated rings. The minimum atomic E-state index is 0.364. The SMILES string of the molecule is CCCCC(C)(C)Br. The second kappa shape index (κ2) is 3.49. The summed E-state index contributed by atoms with van der Waals surface area (Å²) in [6.07, 6.45) is 3.91. The second-order valence-corrected chi connectivity index (χ2v) is 4.97. The first-order valence-corrected chi connectivity index (χ1v) is 4.04. The van der Waals surface area contributed by atoms with Gasteiger partial charge in [-0.1, -0.05) is 49.5 Å². The van der Waals surface area contributed by atoms with Crippen molar-refractivity contribution in [2.75, 3.05) is 0 Å². The fourth-order valence-corrected chi connectivity index (χ4v) is 0.878. The van der Waals surface area contributed by atoms with Crippen LogP contribution < -0.4 is 0 Å². The van der Waals surface area contributed by atoms with E-state index in [0.717, 1.165) is 0 Å². The van der Waals surface area contributed by atoms with Crippen molar-refractivity contribution in [2.45, 2.75) is 44.4 Å². The minimum Gasteiger partial charge on any atom is -0.0859 e. The zero-order valence-electron chi connectivity index (χ0n) is 6.00. The molecule has 0 radical (unpaired) electrons. The predicted molar refractivity (Wildman–Crippen MR) is 42.5 cm³/mol. The van der Waals surface area contributed by atoms with Gasteiger partial charge in [0, 0.05) is 4.32 Å². The zero-order chi connectivity index (χ0) is 6.62. The van der Waals surface area contributed by atoms with E-state index in [1.165, 1.54) is 19.3 Å². The summed E-state index contributed by atoms with van der Waals surface area (Å²) in [6.45, 7) is 6.64. The third-order valence-electron chi connectivity index (χ3n) is 1.12. The van der Waals surface area contributed by atoms with E-state index in [4.69, 9.17) is 0 Å². The molecule has 0 unspecified atom stereocenters. The summed E-state index contributed by atoms with van der Waals surface area (Å²) in [7, 11) is 0. The molecule has 0 atom stereocenters. The Hall–Kier alpha value is 0.480. The van der Waals surface area contributed by atoms with Gasteiger partial charge in [0.1, 0.15) is 0 Å². The first kappa shape index (κ1) is 8.48. The smallest absolute Gasteiger partial charge is 0.0201 e. The molecule has 0 aliphatic rings. The highest BCUT2D eigenvalue weighted by molar-refractivity contribution is 9.10. The van der Waals surface area contributed by atoms with Crippen LogP contribution in [0, 0.1) is 0 Å². The summed E-state index contributed by atoms with van der Waals surface area (Å²) < 4.78 is 0.364. The van der Waals surface area contributed by atoms with Crippen molar-refractivity contribution in [3.8, 4) is 0 Å². The van der Waals surface area contributed by atoms with E-state index < -0.39 is 0 Å². The molecule has 0 saturated carbocycles. The van der Waals surface area contributed by atoms with Crippen LogP contribution in [0.2, 0.25) is 0 Å². The van der Waals surface area contributed by atoms with Crippen molar-refractivity contribution in [3.05, 3.63) is 0 Å². The van der Waals surface area contributed by atoms with E-state index in [1.807, 2.05) is 0 Å². The normalized spacial score (nSPS) is 12.0. The highest BCUT2D eigenvalue weighted by Crippen LogP contribution is 2.22. The predicted octanol–water partition coefficient (Wildman–Crippen LogP) is 3.35. The molecule has 0 spiro atoms. The quantitative estimate of drug-likeness (QED) is 0.582. The van der Waals surface area contributed by atoms with E-state index in [2.05, 4.69) is 36.7 Å². The van der Waals surface area contributed by atoms with Crippen molar-refractivity contribution in [1.82, 2.24) is 0 Å². The first-order chi connectivity index (χ1) is 3.56. The van der Waals surface area contributed by atoms with Crippen LogP contribution in [0.15, 0.2) is 0 Å². The van der Waals surface area contributed by atoms with Crippen molar-refractivity contribution < 1.29 is 0 Å². The van der Waals surface area contributed by atoms with Crippen LogP contribution in [-0.2, 0) is 0 Å². The lowest BCUT2D eigenvalue weighted by Crippen LogP contribution is -2.07. The molecule has 8 heavy (non-hydrogen) atoms. The van der Waals surface area contributed by atoms with Gasteiger partial charge in [0.05, 0.1) is 0 Å². The van der Waals surface area contributed by atoms with Gasteiger partial charge < -0.3 is 0 Å². The molecule has 0 heterocycles. The number of hydrogen-bond donors (Lipinski definition) is 0. The molecule has 0 aliphatic carbocycles. The van der Waals surface area contributed by atoms with Crippen LogP contribution in [0.4, 0.5) is 0 Å². The van der Waals surface area contributed by atoms with E-state index >= 15 is 0 Å². The lowest BCUT2D eigenvalue weighted by atomic mass is 10.1. The maximum absolute atomic E-state index is 3.58. The van der Waals surface area contributed by atoms with Crippen LogP contribution >= 0.6 is 15.9 Å². The monoisotopic (exact) mass is 178 g/mol. The lowest BCUT2D eigenvalue weighted by Gasteiger charge is -2.13. The third-order valence-corrected chi connectivity index (χ3v) is 1.52. The number of alkyl halides is 1. The van der Waals surface area contributed by atoms with Gasteiger partial charge in [-0.3, -0.25) is 0 Å². The van der Waals surface area contributed by atoms with Crippen molar-refractivity contribution in [3.63, 3.8) is 0 Å². The maximum atomic E-state index is 3.58. The number of unbranched alkanes of at least 4 members (excludes halogenated alkanes) is 1. The highest BCUT2D eigenvalue weighted by atomic mass is 79.9. The summed E-state index contributed by atoms with van der Waals surface area (Å²) >= 11 is 3.58. The Kier molecular flexibility index (Phi) is 3.70. The Bertz CT molecular complexity index is 51.9. The number of rotatable bonds is 3. The van der Waals surface area contributed by atoms with Crippen LogP contribution in [0.25, 0.3) is 0 Å². The van der Waals surface area contributed by atoms with Gasteiger partial charge in [-0.15, -0.1) is 0 Å². The van der Waals surface area contributed by atoms with E-state index in [0.29, 0.717) is 4.32 Å². The average molecular weight is 179 g/mol. The lowest BCUT2D eigenvalue weighted by molar-refractivity contribution is 0.604. The van der Waals surface area contributed by atoms with Gasteiger partial charge in [-0.05, 0) is 6.42 Å². The summed E-state index contributed by atoms with van der Waals surface area (Å²) in [6, 6.07) is 0. The van der Waals surface area contributed by atoms with Crippen molar-refractivity contribution in [1.29, 1.82) is 0 Å². The van der Waals surface area contributed by atoms with Crippen LogP contribution in [0.1, 0.15) is 40.0 Å². The Morgan fingerprint density at radius 3 is 2.00 bits per heavy atom. The van der Waals surface area contributed by atoms with Crippen LogP contribution in [-0.4, -0.2) is 4.32 Å². The second-order valence-electron chi connectivity index (χ2n) is 2.82. The molecule has 0 nitrogen and oxygen atoms in total. The first-order valence-electron chi connectivity index (χ1n) is 3.25. The van der Waals surface area contributed by atoms with Gasteiger partial charge in [0.25, 0.3) is 0 Å². The molecule has 0 bridgehead atoms. The maximum Gasteiger partial charge on any atom is 0.0201 e. The average Bonchev–Trinajstić information content (AvgIpc) is 1.59. The highest BCUT2D eigenvalue weighted by Gasteiger charge is 2.09. The zero-order valence-corrected chi connectivity index (χ0v) is 7.59. The molecule has 0 aromatic carbocycles. The van der Waals surface area contributed by atoms with E-state index in [1.54, 1.807) is 0 Å².